The number of amides is 1. The molecule has 0 radical (unpaired) electrons. The second-order valence-corrected chi connectivity index (χ2v) is 7.66. The van der Waals surface area contributed by atoms with Crippen LogP contribution in [0.15, 0.2) is 48.5 Å². The lowest BCUT2D eigenvalue weighted by molar-refractivity contribution is 0.0365. The largest absolute Gasteiger partial charge is 0.379 e. The van der Waals surface area contributed by atoms with E-state index in [2.05, 4.69) is 41.4 Å². The van der Waals surface area contributed by atoms with Crippen LogP contribution in [0.3, 0.4) is 0 Å². The normalized spacial score (nSPS) is 20.0. The molecule has 1 amide bonds. The number of benzene rings is 2. The first-order valence-electron chi connectivity index (χ1n) is 10.3. The van der Waals surface area contributed by atoms with Crippen molar-refractivity contribution in [1.29, 1.82) is 0 Å². The van der Waals surface area contributed by atoms with Gasteiger partial charge in [-0.25, -0.2) is 0 Å². The van der Waals surface area contributed by atoms with E-state index in [1.165, 1.54) is 5.56 Å². The monoisotopic (exact) mass is 379 g/mol. The summed E-state index contributed by atoms with van der Waals surface area (Å²) in [6, 6.07) is 16.3. The molecule has 0 spiro atoms. The Morgan fingerprint density at radius 2 is 1.71 bits per heavy atom. The molecule has 2 heterocycles. The van der Waals surface area contributed by atoms with Gasteiger partial charge in [0.25, 0.3) is 5.91 Å². The fourth-order valence-corrected chi connectivity index (χ4v) is 3.98. The third kappa shape index (κ3) is 4.21. The van der Waals surface area contributed by atoms with Crippen molar-refractivity contribution in [3.63, 3.8) is 0 Å². The van der Waals surface area contributed by atoms with Crippen molar-refractivity contribution in [3.05, 3.63) is 65.2 Å². The number of unbranched alkanes of at least 4 members (excludes halogenated alkanes) is 1. The number of fused-ring (bicyclic) bond motifs is 1. The average Bonchev–Trinajstić information content (AvgIpc) is 2.74. The Morgan fingerprint density at radius 1 is 1.00 bits per heavy atom. The fourth-order valence-electron chi connectivity index (χ4n) is 3.98. The molecule has 0 saturated carbocycles. The van der Waals surface area contributed by atoms with Crippen LogP contribution >= 0.6 is 0 Å². The summed E-state index contributed by atoms with van der Waals surface area (Å²) in [5, 5.41) is 3.58. The van der Waals surface area contributed by atoms with Gasteiger partial charge in [-0.3, -0.25) is 9.69 Å². The summed E-state index contributed by atoms with van der Waals surface area (Å²) >= 11 is 0. The highest BCUT2D eigenvalue weighted by Gasteiger charge is 2.32. The van der Waals surface area contributed by atoms with Gasteiger partial charge in [-0.2, -0.15) is 0 Å². The number of nitrogens with zero attached hydrogens (tertiary/aromatic N) is 2. The molecule has 148 valence electrons. The molecule has 1 fully saturated rings. The van der Waals surface area contributed by atoms with Crippen LogP contribution in [0, 0.1) is 6.92 Å². The molecule has 1 unspecified atom stereocenters. The van der Waals surface area contributed by atoms with Gasteiger partial charge >= 0.3 is 0 Å². The highest BCUT2D eigenvalue weighted by atomic mass is 16.5. The van der Waals surface area contributed by atoms with Gasteiger partial charge in [-0.1, -0.05) is 42.0 Å². The number of ether oxygens (including phenoxy) is 1. The number of hydrogen-bond donors (Lipinski definition) is 1. The average molecular weight is 380 g/mol. The number of carbonyl (C=O) groups excluding carboxylic acids is 1. The number of anilines is 1. The quantitative estimate of drug-likeness (QED) is 0.778. The van der Waals surface area contributed by atoms with Gasteiger partial charge in [0, 0.05) is 25.3 Å². The molecule has 0 aliphatic carbocycles. The lowest BCUT2D eigenvalue weighted by atomic mass is 10.0. The zero-order valence-electron chi connectivity index (χ0n) is 16.6. The van der Waals surface area contributed by atoms with E-state index in [9.17, 15) is 4.79 Å². The molecule has 0 bridgehead atoms. The molecule has 0 aromatic heterocycles. The van der Waals surface area contributed by atoms with E-state index >= 15 is 0 Å². The minimum absolute atomic E-state index is 0.117. The number of para-hydroxylation sites is 1. The molecule has 5 nitrogen and oxygen atoms in total. The molecule has 2 aromatic carbocycles. The first-order valence-corrected chi connectivity index (χ1v) is 10.3. The summed E-state index contributed by atoms with van der Waals surface area (Å²) in [6.07, 6.45) is 1.97. The molecule has 1 atom stereocenters. The molecule has 1 saturated heterocycles. The maximum atomic E-state index is 13.2. The van der Waals surface area contributed by atoms with E-state index in [0.717, 1.165) is 69.0 Å². The van der Waals surface area contributed by atoms with Crippen molar-refractivity contribution < 1.29 is 9.53 Å². The third-order valence-corrected chi connectivity index (χ3v) is 5.64. The number of nitrogens with one attached hydrogen (secondary N) is 1. The summed E-state index contributed by atoms with van der Waals surface area (Å²) in [6.45, 7) is 7.62. The molecule has 4 rings (SSSR count). The van der Waals surface area contributed by atoms with E-state index in [4.69, 9.17) is 4.74 Å². The van der Waals surface area contributed by atoms with Gasteiger partial charge in [0.1, 0.15) is 6.17 Å². The molecule has 5 heteroatoms. The topological polar surface area (TPSA) is 44.8 Å². The Hall–Kier alpha value is -2.37. The summed E-state index contributed by atoms with van der Waals surface area (Å²) in [5.41, 5.74) is 4.03. The second-order valence-electron chi connectivity index (χ2n) is 7.66. The van der Waals surface area contributed by atoms with Crippen molar-refractivity contribution >= 4 is 11.6 Å². The Kier molecular flexibility index (Phi) is 5.93. The second kappa shape index (κ2) is 8.76. The number of morpholine rings is 1. The van der Waals surface area contributed by atoms with Crippen molar-refractivity contribution in [2.24, 2.45) is 0 Å². The van der Waals surface area contributed by atoms with Crippen LogP contribution in [-0.4, -0.2) is 55.1 Å². The Labute approximate surface area is 167 Å². The summed E-state index contributed by atoms with van der Waals surface area (Å²) in [7, 11) is 0. The standard InChI is InChI=1S/C23H29N3O2/c1-18-8-10-19(11-9-18)22-24-21-7-3-2-6-20(21)23(27)26(22)13-5-4-12-25-14-16-28-17-15-25/h2-3,6-11,22,24H,4-5,12-17H2,1H3. The minimum Gasteiger partial charge on any atom is -0.379 e. The smallest absolute Gasteiger partial charge is 0.257 e. The first kappa shape index (κ1) is 19.0. The SMILES string of the molecule is Cc1ccc(C2Nc3ccccc3C(=O)N2CCCCN2CCOCC2)cc1. The highest BCUT2D eigenvalue weighted by Crippen LogP contribution is 2.33. The van der Waals surface area contributed by atoms with Gasteiger partial charge < -0.3 is 15.0 Å². The van der Waals surface area contributed by atoms with Gasteiger partial charge in [0.15, 0.2) is 0 Å². The van der Waals surface area contributed by atoms with Crippen molar-refractivity contribution in [2.75, 3.05) is 44.7 Å². The van der Waals surface area contributed by atoms with E-state index in [0.29, 0.717) is 0 Å². The summed E-state index contributed by atoms with van der Waals surface area (Å²) in [4.78, 5) is 17.7. The van der Waals surface area contributed by atoms with E-state index in [-0.39, 0.29) is 12.1 Å². The van der Waals surface area contributed by atoms with Crippen LogP contribution in [0.4, 0.5) is 5.69 Å². The predicted octanol–water partition coefficient (Wildman–Crippen LogP) is 3.67. The Bertz CT molecular complexity index is 800. The number of carbonyl (C=O) groups is 1. The predicted molar refractivity (Wildman–Crippen MR) is 112 cm³/mol. The number of rotatable bonds is 6. The first-order chi connectivity index (χ1) is 13.7. The molecule has 2 aliphatic rings. The molecule has 2 aliphatic heterocycles. The summed E-state index contributed by atoms with van der Waals surface area (Å²) < 4.78 is 5.42. The lowest BCUT2D eigenvalue weighted by Crippen LogP contribution is -2.43. The number of hydrogen-bond acceptors (Lipinski definition) is 4. The van der Waals surface area contributed by atoms with Gasteiger partial charge in [-0.05, 0) is 44.0 Å². The zero-order valence-corrected chi connectivity index (χ0v) is 16.6. The molecular weight excluding hydrogens is 350 g/mol. The van der Waals surface area contributed by atoms with Crippen LogP contribution in [0.25, 0.3) is 0 Å². The number of aryl methyl sites for hydroxylation is 1. The molecule has 2 aromatic rings. The maximum Gasteiger partial charge on any atom is 0.257 e. The van der Waals surface area contributed by atoms with Crippen LogP contribution in [-0.2, 0) is 4.74 Å². The van der Waals surface area contributed by atoms with Gasteiger partial charge in [-0.15, -0.1) is 0 Å². The Balaban J connectivity index is 1.46. The third-order valence-electron chi connectivity index (χ3n) is 5.64. The van der Waals surface area contributed by atoms with Gasteiger partial charge in [0.05, 0.1) is 18.8 Å². The van der Waals surface area contributed by atoms with Crippen molar-refractivity contribution in [1.82, 2.24) is 9.80 Å². The molecule has 28 heavy (non-hydrogen) atoms. The highest BCUT2D eigenvalue weighted by molar-refractivity contribution is 6.01. The molecular formula is C23H29N3O2. The maximum absolute atomic E-state index is 13.2. The summed E-state index contributed by atoms with van der Waals surface area (Å²) in [5.74, 6) is 0.117. The van der Waals surface area contributed by atoms with Crippen molar-refractivity contribution in [3.8, 4) is 0 Å². The van der Waals surface area contributed by atoms with Crippen LogP contribution < -0.4 is 5.32 Å². The van der Waals surface area contributed by atoms with Crippen LogP contribution in [0.5, 0.6) is 0 Å². The zero-order chi connectivity index (χ0) is 19.3. The minimum atomic E-state index is -0.119. The molecule has 1 N–H and O–H groups in total. The van der Waals surface area contributed by atoms with Crippen molar-refractivity contribution in [2.45, 2.75) is 25.9 Å². The van der Waals surface area contributed by atoms with E-state index in [1.807, 2.05) is 29.2 Å². The van der Waals surface area contributed by atoms with E-state index in [1.54, 1.807) is 0 Å². The fraction of sp³-hybridized carbons (Fsp3) is 0.435. The Morgan fingerprint density at radius 3 is 2.50 bits per heavy atom. The van der Waals surface area contributed by atoms with Crippen LogP contribution in [0.2, 0.25) is 0 Å². The van der Waals surface area contributed by atoms with Crippen LogP contribution in [0.1, 0.15) is 40.5 Å². The lowest BCUT2D eigenvalue weighted by Gasteiger charge is -2.38. The van der Waals surface area contributed by atoms with Gasteiger partial charge in [0.2, 0.25) is 0 Å². The van der Waals surface area contributed by atoms with E-state index < -0.39 is 0 Å².